The Bertz CT molecular complexity index is 1030. The number of rotatable bonds is 8. The van der Waals surface area contributed by atoms with Crippen LogP contribution in [-0.4, -0.2) is 114 Å². The van der Waals surface area contributed by atoms with E-state index in [0.717, 1.165) is 0 Å². The van der Waals surface area contributed by atoms with Gasteiger partial charge in [0.2, 0.25) is 6.29 Å². The molecule has 2 saturated heterocycles. The Morgan fingerprint density at radius 2 is 1.76 bits per heavy atom. The SMILES string of the molecule is COc1ccc(C(=O)OCC23OC2C(O)C2C=COC(OC4OC(CO)C(O)C(O)C4O)C23)cc1OC. The lowest BCUT2D eigenvalue weighted by Gasteiger charge is -2.43. The van der Waals surface area contributed by atoms with E-state index in [1.54, 1.807) is 12.1 Å². The summed E-state index contributed by atoms with van der Waals surface area (Å²) in [5.41, 5.74) is -0.921. The summed E-state index contributed by atoms with van der Waals surface area (Å²) in [6.07, 6.45) is -7.22. The maximum absolute atomic E-state index is 12.8. The van der Waals surface area contributed by atoms with Crippen LogP contribution >= 0.6 is 0 Å². The largest absolute Gasteiger partial charge is 0.493 e. The quantitative estimate of drug-likeness (QED) is 0.191. The van der Waals surface area contributed by atoms with Crippen LogP contribution in [0.4, 0.5) is 0 Å². The molecule has 0 bridgehead atoms. The smallest absolute Gasteiger partial charge is 0.338 e. The molecule has 11 atom stereocenters. The van der Waals surface area contributed by atoms with Crippen LogP contribution in [0.1, 0.15) is 10.4 Å². The van der Waals surface area contributed by atoms with Crippen LogP contribution in [0.25, 0.3) is 0 Å². The average molecular weight is 526 g/mol. The molecule has 0 spiro atoms. The number of carbonyl (C=O) groups excluding carboxylic acids is 1. The number of carbonyl (C=O) groups is 1. The molecule has 1 saturated carbocycles. The lowest BCUT2D eigenvalue weighted by Crippen LogP contribution is -2.60. The first-order valence-electron chi connectivity index (χ1n) is 11.8. The Labute approximate surface area is 211 Å². The summed E-state index contributed by atoms with van der Waals surface area (Å²) in [7, 11) is 2.92. The van der Waals surface area contributed by atoms with Gasteiger partial charge in [-0.2, -0.15) is 0 Å². The lowest BCUT2D eigenvalue weighted by molar-refractivity contribution is -0.344. The summed E-state index contributed by atoms with van der Waals surface area (Å²) in [4.78, 5) is 12.8. The Morgan fingerprint density at radius 3 is 2.46 bits per heavy atom. The molecule has 0 radical (unpaired) electrons. The van der Waals surface area contributed by atoms with E-state index in [1.165, 1.54) is 32.6 Å². The molecule has 5 rings (SSSR count). The fourth-order valence-electron chi connectivity index (χ4n) is 5.38. The number of hydrogen-bond acceptors (Lipinski definition) is 13. The van der Waals surface area contributed by atoms with Gasteiger partial charge in [0.05, 0.1) is 44.7 Å². The number of hydrogen-bond donors (Lipinski definition) is 5. The fourth-order valence-corrected chi connectivity index (χ4v) is 5.38. The summed E-state index contributed by atoms with van der Waals surface area (Å²) in [5, 5.41) is 50.8. The topological polar surface area (TPSA) is 186 Å². The van der Waals surface area contributed by atoms with Crippen LogP contribution in [0, 0.1) is 11.8 Å². The number of aliphatic hydroxyl groups excluding tert-OH is 5. The van der Waals surface area contributed by atoms with Gasteiger partial charge in [-0.15, -0.1) is 0 Å². The van der Waals surface area contributed by atoms with Gasteiger partial charge in [0.25, 0.3) is 0 Å². The molecule has 0 aromatic heterocycles. The molecule has 3 heterocycles. The third-order valence-electron chi connectivity index (χ3n) is 7.43. The first-order chi connectivity index (χ1) is 17.7. The Kier molecular flexibility index (Phi) is 7.06. The van der Waals surface area contributed by atoms with Gasteiger partial charge >= 0.3 is 5.97 Å². The van der Waals surface area contributed by atoms with Gasteiger partial charge in [-0.25, -0.2) is 4.79 Å². The predicted octanol–water partition coefficient (Wildman–Crippen LogP) is -1.71. The number of epoxide rings is 1. The van der Waals surface area contributed by atoms with Crippen molar-refractivity contribution in [3.8, 4) is 11.5 Å². The molecule has 4 aliphatic rings. The molecular weight excluding hydrogens is 496 g/mol. The van der Waals surface area contributed by atoms with E-state index < -0.39 is 79.2 Å². The van der Waals surface area contributed by atoms with Crippen molar-refractivity contribution in [3.05, 3.63) is 36.1 Å². The Balaban J connectivity index is 1.31. The second-order valence-corrected chi connectivity index (χ2v) is 9.40. The van der Waals surface area contributed by atoms with Crippen LogP contribution in [0.2, 0.25) is 0 Å². The Morgan fingerprint density at radius 1 is 1.00 bits per heavy atom. The first-order valence-corrected chi connectivity index (χ1v) is 11.8. The minimum atomic E-state index is -1.65. The van der Waals surface area contributed by atoms with Crippen molar-refractivity contribution >= 4 is 5.97 Å². The molecule has 13 nitrogen and oxygen atoms in total. The van der Waals surface area contributed by atoms with Crippen LogP contribution < -0.4 is 9.47 Å². The maximum atomic E-state index is 12.8. The number of esters is 1. The second kappa shape index (κ2) is 10.0. The predicted molar refractivity (Wildman–Crippen MR) is 119 cm³/mol. The molecule has 37 heavy (non-hydrogen) atoms. The monoisotopic (exact) mass is 526 g/mol. The fraction of sp³-hybridized carbons (Fsp3) is 0.625. The number of ether oxygens (including phenoxy) is 7. The number of fused-ring (bicyclic) bond motifs is 3. The van der Waals surface area contributed by atoms with Crippen molar-refractivity contribution in [1.82, 2.24) is 0 Å². The average Bonchev–Trinajstić information content (AvgIpc) is 3.60. The third kappa shape index (κ3) is 4.34. The van der Waals surface area contributed by atoms with Crippen molar-refractivity contribution in [2.75, 3.05) is 27.4 Å². The molecule has 3 aliphatic heterocycles. The van der Waals surface area contributed by atoms with Crippen LogP contribution in [0.5, 0.6) is 11.5 Å². The summed E-state index contributed by atoms with van der Waals surface area (Å²) in [6, 6.07) is 4.58. The molecule has 1 aliphatic carbocycles. The van der Waals surface area contributed by atoms with Gasteiger partial charge in [0.15, 0.2) is 17.8 Å². The van der Waals surface area contributed by atoms with Gasteiger partial charge in [-0.05, 0) is 24.3 Å². The summed E-state index contributed by atoms with van der Waals surface area (Å²) in [5.74, 6) is -1.01. The maximum Gasteiger partial charge on any atom is 0.338 e. The highest BCUT2D eigenvalue weighted by atomic mass is 16.8. The van der Waals surface area contributed by atoms with E-state index in [1.807, 2.05) is 0 Å². The van der Waals surface area contributed by atoms with E-state index in [-0.39, 0.29) is 12.2 Å². The van der Waals surface area contributed by atoms with E-state index in [2.05, 4.69) is 0 Å². The molecule has 5 N–H and O–H groups in total. The molecule has 204 valence electrons. The van der Waals surface area contributed by atoms with Crippen LogP contribution in [0.15, 0.2) is 30.5 Å². The molecule has 1 aromatic carbocycles. The minimum absolute atomic E-state index is 0.218. The van der Waals surface area contributed by atoms with Gasteiger partial charge in [0.1, 0.15) is 42.7 Å². The number of benzene rings is 1. The number of aliphatic hydroxyl groups is 5. The molecule has 11 unspecified atom stereocenters. The van der Waals surface area contributed by atoms with Gasteiger partial charge in [-0.3, -0.25) is 0 Å². The van der Waals surface area contributed by atoms with Crippen LogP contribution in [-0.2, 0) is 23.7 Å². The molecule has 0 amide bonds. The lowest BCUT2D eigenvalue weighted by atomic mass is 9.85. The standard InChI is InChI=1S/C24H30O13/c1-31-12-4-3-10(7-13(12)32-2)21(30)34-9-24-15-11(16(26)20(24)37-24)5-6-33-22(15)36-23-19(29)18(28)17(27)14(8-25)35-23/h3-7,11,14-20,22-23,25-29H,8-9H2,1-2H3. The summed E-state index contributed by atoms with van der Waals surface area (Å²) < 4.78 is 38.7. The van der Waals surface area contributed by atoms with E-state index in [0.29, 0.717) is 11.5 Å². The van der Waals surface area contributed by atoms with Crippen molar-refractivity contribution < 1.29 is 63.5 Å². The van der Waals surface area contributed by atoms with Gasteiger partial charge in [-0.1, -0.05) is 0 Å². The zero-order valence-electron chi connectivity index (χ0n) is 20.1. The highest BCUT2D eigenvalue weighted by molar-refractivity contribution is 5.90. The normalized spacial score (nSPS) is 41.8. The zero-order chi connectivity index (χ0) is 26.5. The third-order valence-corrected chi connectivity index (χ3v) is 7.43. The molecule has 13 heteroatoms. The van der Waals surface area contributed by atoms with E-state index in [9.17, 15) is 30.3 Å². The Hall–Kier alpha value is -2.49. The van der Waals surface area contributed by atoms with Gasteiger partial charge in [0, 0.05) is 5.92 Å². The first kappa shape index (κ1) is 26.1. The highest BCUT2D eigenvalue weighted by Crippen LogP contribution is 2.60. The van der Waals surface area contributed by atoms with Crippen molar-refractivity contribution in [3.63, 3.8) is 0 Å². The zero-order valence-corrected chi connectivity index (χ0v) is 20.1. The summed E-state index contributed by atoms with van der Waals surface area (Å²) in [6.45, 7) is -0.850. The van der Waals surface area contributed by atoms with Gasteiger partial charge < -0.3 is 58.7 Å². The highest BCUT2D eigenvalue weighted by Gasteiger charge is 2.76. The molecule has 3 fully saturated rings. The molecular formula is C24H30O13. The van der Waals surface area contributed by atoms with E-state index >= 15 is 0 Å². The van der Waals surface area contributed by atoms with Crippen LogP contribution in [0.3, 0.4) is 0 Å². The second-order valence-electron chi connectivity index (χ2n) is 9.40. The van der Waals surface area contributed by atoms with Crippen molar-refractivity contribution in [2.45, 2.75) is 54.8 Å². The number of methoxy groups -OCH3 is 2. The van der Waals surface area contributed by atoms with E-state index in [4.69, 9.17) is 33.2 Å². The minimum Gasteiger partial charge on any atom is -0.493 e. The molecule has 1 aromatic rings. The van der Waals surface area contributed by atoms with Crippen molar-refractivity contribution in [2.24, 2.45) is 11.8 Å². The summed E-state index contributed by atoms with van der Waals surface area (Å²) >= 11 is 0. The van der Waals surface area contributed by atoms with Crippen molar-refractivity contribution in [1.29, 1.82) is 0 Å².